The minimum absolute atomic E-state index is 0.0460. The lowest BCUT2D eigenvalue weighted by atomic mass is 9.67. The Morgan fingerprint density at radius 2 is 1.92 bits per heavy atom. The van der Waals surface area contributed by atoms with Gasteiger partial charge in [-0.05, 0) is 56.1 Å². The van der Waals surface area contributed by atoms with Crippen LogP contribution in [0, 0.1) is 29.1 Å². The molecule has 1 unspecified atom stereocenters. The number of ketones is 2. The summed E-state index contributed by atoms with van der Waals surface area (Å²) in [6, 6.07) is 0. The van der Waals surface area contributed by atoms with Crippen molar-refractivity contribution in [3.05, 3.63) is 34.9 Å². The number of carbonyl (C=O) groups excluding carboxylic acids is 2. The van der Waals surface area contributed by atoms with E-state index in [1.807, 2.05) is 45.9 Å². The molecule has 0 aromatic heterocycles. The summed E-state index contributed by atoms with van der Waals surface area (Å²) < 4.78 is 0. The van der Waals surface area contributed by atoms with Crippen molar-refractivity contribution < 1.29 is 14.7 Å². The number of aliphatic hydroxyl groups is 1. The van der Waals surface area contributed by atoms with Crippen molar-refractivity contribution in [2.45, 2.75) is 60.0 Å². The van der Waals surface area contributed by atoms with Crippen molar-refractivity contribution in [1.82, 2.24) is 0 Å². The maximum Gasteiger partial charge on any atom is 0.166 e. The lowest BCUT2D eigenvalue weighted by Crippen LogP contribution is -2.46. The van der Waals surface area contributed by atoms with Crippen molar-refractivity contribution in [3.63, 3.8) is 0 Å². The maximum atomic E-state index is 13.3. The third-order valence-corrected chi connectivity index (χ3v) is 7.18. The van der Waals surface area contributed by atoms with Gasteiger partial charge in [0.25, 0.3) is 0 Å². The highest BCUT2D eigenvalue weighted by Gasteiger charge is 2.68. The lowest BCUT2D eigenvalue weighted by Gasteiger charge is -2.40. The Morgan fingerprint density at radius 3 is 2.48 bits per heavy atom. The van der Waals surface area contributed by atoms with Gasteiger partial charge in [0.1, 0.15) is 5.78 Å². The molecular formula is C22H30O3. The molecule has 3 rings (SSSR count). The topological polar surface area (TPSA) is 54.4 Å². The Labute approximate surface area is 150 Å². The largest absolute Gasteiger partial charge is 0.389 e. The predicted octanol–water partition coefficient (Wildman–Crippen LogP) is 4.03. The zero-order chi connectivity index (χ0) is 18.7. The molecular weight excluding hydrogens is 312 g/mol. The van der Waals surface area contributed by atoms with E-state index in [1.165, 1.54) is 0 Å². The highest BCUT2D eigenvalue weighted by Crippen LogP contribution is 2.67. The number of hydrogen-bond donors (Lipinski definition) is 1. The molecule has 0 saturated heterocycles. The average molecular weight is 342 g/mol. The van der Waals surface area contributed by atoms with Gasteiger partial charge in [0.2, 0.25) is 0 Å². The summed E-state index contributed by atoms with van der Waals surface area (Å²) in [4.78, 5) is 26.0. The minimum atomic E-state index is -0.909. The number of hydrogen-bond acceptors (Lipinski definition) is 3. The maximum absolute atomic E-state index is 13.3. The van der Waals surface area contributed by atoms with Crippen LogP contribution in [0.4, 0.5) is 0 Å². The van der Waals surface area contributed by atoms with Crippen molar-refractivity contribution >= 4 is 11.6 Å². The van der Waals surface area contributed by atoms with Crippen LogP contribution in [0.15, 0.2) is 34.9 Å². The molecule has 3 heteroatoms. The summed E-state index contributed by atoms with van der Waals surface area (Å²) in [5.74, 6) is -0.656. The lowest BCUT2D eigenvalue weighted by molar-refractivity contribution is -0.129. The number of allylic oxidation sites excluding steroid dienone is 6. The van der Waals surface area contributed by atoms with Gasteiger partial charge in [-0.3, -0.25) is 9.59 Å². The van der Waals surface area contributed by atoms with E-state index in [4.69, 9.17) is 0 Å². The van der Waals surface area contributed by atoms with Gasteiger partial charge in [0, 0.05) is 11.8 Å². The second-order valence-electron chi connectivity index (χ2n) is 8.86. The van der Waals surface area contributed by atoms with Crippen LogP contribution in [0.1, 0.15) is 54.4 Å². The fourth-order valence-electron chi connectivity index (χ4n) is 5.92. The fraction of sp³-hybridized carbons (Fsp3) is 0.636. The predicted molar refractivity (Wildman–Crippen MR) is 98.9 cm³/mol. The Balaban J connectivity index is 2.32. The van der Waals surface area contributed by atoms with Crippen LogP contribution in [0.25, 0.3) is 0 Å². The molecule has 25 heavy (non-hydrogen) atoms. The molecule has 2 saturated carbocycles. The standard InChI is InChI=1S/C22H30O3/c1-12(2)22(25)11-10-21(6)18(15(5)23)16-13(3)8-7-9-14(4)19(24)17(16)20(21)22/h7-9,12,17-18,20,25H,10-11H2,1-6H3/b8-7-,14-9+,16-13+/t17?,18-,20+,21+,22+/m0/s1. The highest BCUT2D eigenvalue weighted by atomic mass is 16.3. The first kappa shape index (κ1) is 18.3. The fourth-order valence-corrected chi connectivity index (χ4v) is 5.92. The van der Waals surface area contributed by atoms with Gasteiger partial charge in [-0.25, -0.2) is 0 Å². The molecule has 0 aliphatic heterocycles. The van der Waals surface area contributed by atoms with Crippen molar-refractivity contribution in [2.75, 3.05) is 0 Å². The second-order valence-corrected chi connectivity index (χ2v) is 8.86. The third kappa shape index (κ3) is 2.35. The van der Waals surface area contributed by atoms with Gasteiger partial charge in [0.15, 0.2) is 5.78 Å². The first-order valence-corrected chi connectivity index (χ1v) is 9.38. The molecule has 0 amide bonds. The molecule has 0 spiro atoms. The monoisotopic (exact) mass is 342 g/mol. The van der Waals surface area contributed by atoms with Crippen LogP contribution >= 0.6 is 0 Å². The molecule has 0 aromatic carbocycles. The molecule has 2 fully saturated rings. The summed E-state index contributed by atoms with van der Waals surface area (Å²) in [5.41, 5.74) is 1.39. The quantitative estimate of drug-likeness (QED) is 0.824. The van der Waals surface area contributed by atoms with E-state index in [1.54, 1.807) is 6.92 Å². The summed E-state index contributed by atoms with van der Waals surface area (Å²) in [5, 5.41) is 11.6. The van der Waals surface area contributed by atoms with Gasteiger partial charge in [-0.15, -0.1) is 0 Å². The second kappa shape index (κ2) is 5.77. The molecule has 136 valence electrons. The minimum Gasteiger partial charge on any atom is -0.389 e. The number of rotatable bonds is 2. The molecule has 3 aliphatic rings. The Bertz CT molecular complexity index is 724. The van der Waals surface area contributed by atoms with Gasteiger partial charge in [-0.1, -0.05) is 44.6 Å². The molecule has 5 atom stereocenters. The molecule has 1 N–H and O–H groups in total. The summed E-state index contributed by atoms with van der Waals surface area (Å²) >= 11 is 0. The van der Waals surface area contributed by atoms with Crippen LogP contribution in [-0.4, -0.2) is 22.3 Å². The SMILES string of the molecule is CC(=O)[C@H]1/C2=C(C)/C=C\C=C(/C)C(=O)C2[C@@H]2[C@]1(C)CC[C@@]2(O)C(C)C. The number of carbonyl (C=O) groups is 2. The van der Waals surface area contributed by atoms with Crippen LogP contribution in [-0.2, 0) is 9.59 Å². The Kier molecular flexibility index (Phi) is 4.23. The van der Waals surface area contributed by atoms with Gasteiger partial charge >= 0.3 is 0 Å². The zero-order valence-electron chi connectivity index (χ0n) is 16.2. The Morgan fingerprint density at radius 1 is 1.28 bits per heavy atom. The number of fused-ring (bicyclic) bond motifs is 3. The Hall–Kier alpha value is -1.48. The third-order valence-electron chi connectivity index (χ3n) is 7.18. The van der Waals surface area contributed by atoms with Gasteiger partial charge in [0.05, 0.1) is 11.5 Å². The zero-order valence-corrected chi connectivity index (χ0v) is 16.2. The van der Waals surface area contributed by atoms with Gasteiger partial charge in [-0.2, -0.15) is 0 Å². The molecule has 0 heterocycles. The first-order chi connectivity index (χ1) is 11.6. The van der Waals surface area contributed by atoms with Crippen molar-refractivity contribution in [3.8, 4) is 0 Å². The highest BCUT2D eigenvalue weighted by molar-refractivity contribution is 6.01. The van der Waals surface area contributed by atoms with Gasteiger partial charge < -0.3 is 5.11 Å². The van der Waals surface area contributed by atoms with Crippen LogP contribution in [0.5, 0.6) is 0 Å². The van der Waals surface area contributed by atoms with E-state index in [9.17, 15) is 14.7 Å². The molecule has 0 radical (unpaired) electrons. The molecule has 0 aromatic rings. The van der Waals surface area contributed by atoms with Crippen LogP contribution in [0.2, 0.25) is 0 Å². The van der Waals surface area contributed by atoms with Crippen LogP contribution < -0.4 is 0 Å². The van der Waals surface area contributed by atoms with E-state index < -0.39 is 11.5 Å². The number of Topliss-reactive ketones (excluding diaryl/α,β-unsaturated/α-hetero) is 2. The molecule has 3 nitrogen and oxygen atoms in total. The molecule has 3 aliphatic carbocycles. The van der Waals surface area contributed by atoms with E-state index >= 15 is 0 Å². The van der Waals surface area contributed by atoms with E-state index in [2.05, 4.69) is 6.92 Å². The van der Waals surface area contributed by atoms with Crippen molar-refractivity contribution in [1.29, 1.82) is 0 Å². The smallest absolute Gasteiger partial charge is 0.166 e. The van der Waals surface area contributed by atoms with E-state index in [0.29, 0.717) is 12.0 Å². The van der Waals surface area contributed by atoms with Crippen LogP contribution in [0.3, 0.4) is 0 Å². The summed E-state index contributed by atoms with van der Waals surface area (Å²) in [6.07, 6.45) is 7.19. The summed E-state index contributed by atoms with van der Waals surface area (Å²) in [7, 11) is 0. The normalized spacial score (nSPS) is 47.0. The first-order valence-electron chi connectivity index (χ1n) is 9.38. The van der Waals surface area contributed by atoms with Crippen molar-refractivity contribution in [2.24, 2.45) is 29.1 Å². The van der Waals surface area contributed by atoms with E-state index in [-0.39, 0.29) is 34.7 Å². The molecule has 0 bridgehead atoms. The van der Waals surface area contributed by atoms with E-state index in [0.717, 1.165) is 17.6 Å². The average Bonchev–Trinajstić information content (AvgIpc) is 2.95. The summed E-state index contributed by atoms with van der Waals surface area (Å²) in [6.45, 7) is 11.6.